The highest BCUT2D eigenvalue weighted by molar-refractivity contribution is 5.95. The van der Waals surface area contributed by atoms with Crippen LogP contribution in [0.5, 0.6) is 0 Å². The fraction of sp³-hybridized carbons (Fsp3) is 0.438. The van der Waals surface area contributed by atoms with Gasteiger partial charge in [-0.25, -0.2) is 0 Å². The van der Waals surface area contributed by atoms with Gasteiger partial charge < -0.3 is 5.32 Å². The molecule has 2 aromatic heterocycles. The highest BCUT2D eigenvalue weighted by atomic mass is 16.1. The van der Waals surface area contributed by atoms with Crippen LogP contribution in [0.3, 0.4) is 0 Å². The van der Waals surface area contributed by atoms with Crippen molar-refractivity contribution in [2.75, 3.05) is 0 Å². The third-order valence-electron chi connectivity index (χ3n) is 3.43. The molecule has 1 amide bonds. The van der Waals surface area contributed by atoms with Crippen LogP contribution < -0.4 is 5.32 Å². The minimum absolute atomic E-state index is 0.0515. The summed E-state index contributed by atoms with van der Waals surface area (Å²) in [5, 5.41) is 7.28. The maximum Gasteiger partial charge on any atom is 0.254 e. The molecule has 2 rings (SSSR count). The molecule has 1 N–H and O–H groups in total. The highest BCUT2D eigenvalue weighted by Gasteiger charge is 2.16. The normalized spacial score (nSPS) is 12.1. The van der Waals surface area contributed by atoms with Crippen LogP contribution in [0.4, 0.5) is 0 Å². The molecule has 5 heteroatoms. The highest BCUT2D eigenvalue weighted by Crippen LogP contribution is 2.09. The van der Waals surface area contributed by atoms with Crippen LogP contribution in [0.15, 0.2) is 30.7 Å². The molecular formula is C16H22N4O. The zero-order valence-electron chi connectivity index (χ0n) is 12.8. The lowest BCUT2D eigenvalue weighted by Crippen LogP contribution is -2.34. The number of pyridine rings is 1. The number of carbonyl (C=O) groups excluding carboxylic acids is 1. The van der Waals surface area contributed by atoms with Gasteiger partial charge in [-0.05, 0) is 38.3 Å². The SMILES string of the molecule is CCCn1ncc(C(=O)N[C@H](C)Cc2cccnc2)c1C. The lowest BCUT2D eigenvalue weighted by atomic mass is 10.1. The van der Waals surface area contributed by atoms with Crippen molar-refractivity contribution in [2.24, 2.45) is 0 Å². The molecule has 5 nitrogen and oxygen atoms in total. The Morgan fingerprint density at radius 1 is 1.43 bits per heavy atom. The average Bonchev–Trinajstić information content (AvgIpc) is 2.82. The van der Waals surface area contributed by atoms with E-state index in [1.54, 1.807) is 12.4 Å². The maximum absolute atomic E-state index is 12.3. The Morgan fingerprint density at radius 3 is 2.90 bits per heavy atom. The van der Waals surface area contributed by atoms with Gasteiger partial charge >= 0.3 is 0 Å². The average molecular weight is 286 g/mol. The molecule has 0 aliphatic carbocycles. The summed E-state index contributed by atoms with van der Waals surface area (Å²) in [6.45, 7) is 6.86. The summed E-state index contributed by atoms with van der Waals surface area (Å²) in [5.74, 6) is -0.0637. The van der Waals surface area contributed by atoms with E-state index in [9.17, 15) is 4.79 Å². The Hall–Kier alpha value is -2.17. The minimum Gasteiger partial charge on any atom is -0.349 e. The number of aryl methyl sites for hydroxylation is 1. The van der Waals surface area contributed by atoms with Crippen molar-refractivity contribution in [3.05, 3.63) is 47.5 Å². The number of aromatic nitrogens is 3. The van der Waals surface area contributed by atoms with Gasteiger partial charge in [0.15, 0.2) is 0 Å². The van der Waals surface area contributed by atoms with Crippen molar-refractivity contribution in [2.45, 2.75) is 46.2 Å². The quantitative estimate of drug-likeness (QED) is 0.886. The second kappa shape index (κ2) is 7.02. The van der Waals surface area contributed by atoms with Gasteiger partial charge in [0.25, 0.3) is 5.91 Å². The summed E-state index contributed by atoms with van der Waals surface area (Å²) in [6, 6.07) is 3.97. The summed E-state index contributed by atoms with van der Waals surface area (Å²) in [7, 11) is 0. The molecule has 0 aromatic carbocycles. The van der Waals surface area contributed by atoms with Crippen LogP contribution in [0, 0.1) is 6.92 Å². The molecule has 0 saturated heterocycles. The first-order chi connectivity index (χ1) is 10.1. The van der Waals surface area contributed by atoms with Crippen molar-refractivity contribution in [3.63, 3.8) is 0 Å². The summed E-state index contributed by atoms with van der Waals surface area (Å²) in [4.78, 5) is 16.4. The second-order valence-electron chi connectivity index (χ2n) is 5.31. The van der Waals surface area contributed by atoms with Gasteiger partial charge in [-0.1, -0.05) is 13.0 Å². The van der Waals surface area contributed by atoms with Crippen molar-refractivity contribution in [1.82, 2.24) is 20.1 Å². The number of nitrogens with zero attached hydrogens (tertiary/aromatic N) is 3. The number of carbonyl (C=O) groups is 1. The van der Waals surface area contributed by atoms with Crippen molar-refractivity contribution >= 4 is 5.91 Å². The lowest BCUT2D eigenvalue weighted by molar-refractivity contribution is 0.0939. The van der Waals surface area contributed by atoms with Crippen molar-refractivity contribution in [3.8, 4) is 0 Å². The fourth-order valence-corrected chi connectivity index (χ4v) is 2.33. The maximum atomic E-state index is 12.3. The van der Waals surface area contributed by atoms with Gasteiger partial charge in [0.2, 0.25) is 0 Å². The Bertz CT molecular complexity index is 592. The predicted molar refractivity (Wildman–Crippen MR) is 82.1 cm³/mol. The summed E-state index contributed by atoms with van der Waals surface area (Å²) < 4.78 is 1.88. The molecule has 0 unspecified atom stereocenters. The minimum atomic E-state index is -0.0637. The zero-order chi connectivity index (χ0) is 15.2. The molecule has 21 heavy (non-hydrogen) atoms. The molecule has 0 aliphatic rings. The smallest absolute Gasteiger partial charge is 0.254 e. The largest absolute Gasteiger partial charge is 0.349 e. The van der Waals surface area contributed by atoms with Gasteiger partial charge in [-0.2, -0.15) is 5.10 Å². The van der Waals surface area contributed by atoms with Crippen molar-refractivity contribution in [1.29, 1.82) is 0 Å². The van der Waals surface area contributed by atoms with Crippen LogP contribution in [0.25, 0.3) is 0 Å². The van der Waals surface area contributed by atoms with E-state index in [2.05, 4.69) is 22.3 Å². The molecule has 2 aromatic rings. The van der Waals surface area contributed by atoms with E-state index in [1.807, 2.05) is 36.9 Å². The van der Waals surface area contributed by atoms with Gasteiger partial charge in [-0.3, -0.25) is 14.5 Å². The first-order valence-electron chi connectivity index (χ1n) is 7.34. The number of hydrogen-bond donors (Lipinski definition) is 1. The molecular weight excluding hydrogens is 264 g/mol. The molecule has 112 valence electrons. The summed E-state index contributed by atoms with van der Waals surface area (Å²) in [5.41, 5.74) is 2.69. The summed E-state index contributed by atoms with van der Waals surface area (Å²) in [6.07, 6.45) is 6.99. The van der Waals surface area contributed by atoms with E-state index in [0.29, 0.717) is 5.56 Å². The number of rotatable bonds is 6. The first-order valence-corrected chi connectivity index (χ1v) is 7.34. The van der Waals surface area contributed by atoms with E-state index >= 15 is 0 Å². The first kappa shape index (κ1) is 15.2. The van der Waals surface area contributed by atoms with E-state index in [4.69, 9.17) is 0 Å². The van der Waals surface area contributed by atoms with Gasteiger partial charge in [-0.15, -0.1) is 0 Å². The van der Waals surface area contributed by atoms with Crippen LogP contribution in [0.1, 0.15) is 41.9 Å². The number of hydrogen-bond acceptors (Lipinski definition) is 3. The third kappa shape index (κ3) is 3.90. The topological polar surface area (TPSA) is 59.8 Å². The predicted octanol–water partition coefficient (Wildman–Crippen LogP) is 2.36. The Balaban J connectivity index is 1.98. The molecule has 0 radical (unpaired) electrons. The van der Waals surface area contributed by atoms with Gasteiger partial charge in [0.1, 0.15) is 0 Å². The van der Waals surface area contributed by atoms with Gasteiger partial charge in [0, 0.05) is 30.7 Å². The van der Waals surface area contributed by atoms with E-state index in [-0.39, 0.29) is 11.9 Å². The number of amides is 1. The lowest BCUT2D eigenvalue weighted by Gasteiger charge is -2.13. The molecule has 0 spiro atoms. The van der Waals surface area contributed by atoms with Gasteiger partial charge in [0.05, 0.1) is 11.8 Å². The zero-order valence-corrected chi connectivity index (χ0v) is 12.8. The molecule has 0 bridgehead atoms. The van der Waals surface area contributed by atoms with Crippen LogP contribution in [-0.2, 0) is 13.0 Å². The monoisotopic (exact) mass is 286 g/mol. The molecule has 0 aliphatic heterocycles. The van der Waals surface area contributed by atoms with Crippen molar-refractivity contribution < 1.29 is 4.79 Å². The van der Waals surface area contributed by atoms with Crippen LogP contribution in [-0.4, -0.2) is 26.7 Å². The molecule has 1 atom stereocenters. The Morgan fingerprint density at radius 2 is 2.24 bits per heavy atom. The standard InChI is InChI=1S/C16H22N4O/c1-4-8-20-13(3)15(11-18-20)16(21)19-12(2)9-14-6-5-7-17-10-14/h5-7,10-12H,4,8-9H2,1-3H3,(H,19,21)/t12-/m1/s1. The van der Waals surface area contributed by atoms with E-state index in [1.165, 1.54) is 0 Å². The van der Waals surface area contributed by atoms with E-state index in [0.717, 1.165) is 30.6 Å². The summed E-state index contributed by atoms with van der Waals surface area (Å²) >= 11 is 0. The third-order valence-corrected chi connectivity index (χ3v) is 3.43. The number of nitrogens with one attached hydrogen (secondary N) is 1. The van der Waals surface area contributed by atoms with E-state index < -0.39 is 0 Å². The molecule has 2 heterocycles. The Kier molecular flexibility index (Phi) is 5.09. The molecule has 0 saturated carbocycles. The second-order valence-corrected chi connectivity index (χ2v) is 5.31. The fourth-order valence-electron chi connectivity index (χ4n) is 2.33. The van der Waals surface area contributed by atoms with Crippen LogP contribution >= 0.6 is 0 Å². The Labute approximate surface area is 125 Å². The van der Waals surface area contributed by atoms with Crippen LogP contribution in [0.2, 0.25) is 0 Å². The molecule has 0 fully saturated rings.